The van der Waals surface area contributed by atoms with Gasteiger partial charge < -0.3 is 22.1 Å². The first-order valence-corrected chi connectivity index (χ1v) is 13.2. The van der Waals surface area contributed by atoms with Gasteiger partial charge in [-0.1, -0.05) is 54.8 Å². The average Bonchev–Trinajstić information content (AvgIpc) is 3.32. The van der Waals surface area contributed by atoms with Crippen LogP contribution in [-0.4, -0.2) is 57.9 Å². The number of carbonyl (C=O) groups is 1. The lowest BCUT2D eigenvalue weighted by molar-refractivity contribution is 0.0927. The fourth-order valence-electron chi connectivity index (χ4n) is 5.44. The molecule has 9 nitrogen and oxygen atoms in total. The molecule has 5 rings (SSSR count). The standard InChI is InChI=1S/C28H36N8O/c1-18-11-12-22-21(15-18)25(33-23-9-5-6-10-24(23)34-28(29)30)35-26(32-22)27(37)31-20-13-14-36(17-20)16-19-7-3-2-4-8-19/h2-4,7-8,11-12,15,20,23-24H,5-6,9-10,13-14,16-17H2,1H3,(H,31,37)(H4,29,30,34)(H,32,33,35)/t20-,23?,24?/m1/s1. The molecule has 2 aliphatic rings. The number of likely N-dealkylation sites (tertiary alicyclic amines) is 1. The summed E-state index contributed by atoms with van der Waals surface area (Å²) in [7, 11) is 0. The first kappa shape index (κ1) is 25.0. The number of aryl methyl sites for hydroxylation is 1. The molecule has 2 heterocycles. The van der Waals surface area contributed by atoms with Crippen molar-refractivity contribution in [2.24, 2.45) is 16.5 Å². The molecule has 1 aromatic heterocycles. The molecule has 1 saturated carbocycles. The molecule has 0 bridgehead atoms. The van der Waals surface area contributed by atoms with Crippen LogP contribution < -0.4 is 22.1 Å². The molecule has 1 aliphatic heterocycles. The third kappa shape index (κ3) is 6.17. The van der Waals surface area contributed by atoms with Crippen molar-refractivity contribution >= 4 is 28.6 Å². The van der Waals surface area contributed by atoms with Gasteiger partial charge in [0.15, 0.2) is 5.96 Å². The van der Waals surface area contributed by atoms with Gasteiger partial charge in [0.2, 0.25) is 5.82 Å². The van der Waals surface area contributed by atoms with E-state index in [1.165, 1.54) is 5.56 Å². The van der Waals surface area contributed by atoms with Crippen molar-refractivity contribution in [3.8, 4) is 0 Å². The van der Waals surface area contributed by atoms with Gasteiger partial charge in [0, 0.05) is 31.1 Å². The molecule has 3 atom stereocenters. The zero-order valence-corrected chi connectivity index (χ0v) is 21.4. The first-order chi connectivity index (χ1) is 17.9. The number of amides is 1. The Hall–Kier alpha value is -3.72. The summed E-state index contributed by atoms with van der Waals surface area (Å²) in [6.45, 7) is 4.67. The zero-order valence-electron chi connectivity index (χ0n) is 21.4. The molecular weight excluding hydrogens is 464 g/mol. The number of guanidine groups is 1. The summed E-state index contributed by atoms with van der Waals surface area (Å²) in [5.41, 5.74) is 14.5. The monoisotopic (exact) mass is 500 g/mol. The van der Waals surface area contributed by atoms with Gasteiger partial charge in [-0.2, -0.15) is 0 Å². The number of nitrogens with two attached hydrogens (primary N) is 2. The molecule has 1 amide bonds. The van der Waals surface area contributed by atoms with Gasteiger partial charge in [-0.3, -0.25) is 9.69 Å². The lowest BCUT2D eigenvalue weighted by atomic mass is 9.90. The molecule has 3 aromatic rings. The van der Waals surface area contributed by atoms with Gasteiger partial charge in [0.1, 0.15) is 5.82 Å². The topological polar surface area (TPSA) is 135 Å². The van der Waals surface area contributed by atoms with E-state index in [4.69, 9.17) is 16.5 Å². The van der Waals surface area contributed by atoms with Gasteiger partial charge in [0.25, 0.3) is 5.91 Å². The number of anilines is 1. The molecule has 194 valence electrons. The lowest BCUT2D eigenvalue weighted by Gasteiger charge is -2.30. The SMILES string of the molecule is Cc1ccc2nc(C(=O)N[C@@H]3CCN(Cc4ccccc4)C3)nc(NC3CCCCC3N=C(N)N)c2c1. The normalized spacial score (nSPS) is 22.0. The summed E-state index contributed by atoms with van der Waals surface area (Å²) >= 11 is 0. The predicted molar refractivity (Wildman–Crippen MR) is 147 cm³/mol. The Labute approximate surface area is 217 Å². The van der Waals surface area contributed by atoms with E-state index in [1.807, 2.05) is 25.1 Å². The van der Waals surface area contributed by atoms with Crippen molar-refractivity contribution in [3.05, 3.63) is 65.5 Å². The predicted octanol–water partition coefficient (Wildman–Crippen LogP) is 2.94. The van der Waals surface area contributed by atoms with Crippen LogP contribution in [-0.2, 0) is 6.54 Å². The minimum atomic E-state index is -0.249. The van der Waals surface area contributed by atoms with Crippen LogP contribution in [0.25, 0.3) is 10.9 Å². The Morgan fingerprint density at radius 3 is 2.70 bits per heavy atom. The van der Waals surface area contributed by atoms with Gasteiger partial charge in [-0.15, -0.1) is 0 Å². The van der Waals surface area contributed by atoms with E-state index in [0.29, 0.717) is 5.82 Å². The number of carbonyl (C=O) groups excluding carboxylic acids is 1. The van der Waals surface area contributed by atoms with Crippen molar-refractivity contribution in [1.82, 2.24) is 20.2 Å². The van der Waals surface area contributed by atoms with Crippen LogP contribution in [0.3, 0.4) is 0 Å². The highest BCUT2D eigenvalue weighted by atomic mass is 16.2. The van der Waals surface area contributed by atoms with E-state index >= 15 is 0 Å². The third-order valence-corrected chi connectivity index (χ3v) is 7.28. The number of aliphatic imine (C=N–C) groups is 1. The van der Waals surface area contributed by atoms with Gasteiger partial charge in [-0.05, 0) is 43.9 Å². The van der Waals surface area contributed by atoms with E-state index in [1.54, 1.807) is 0 Å². The Morgan fingerprint density at radius 2 is 1.89 bits per heavy atom. The van der Waals surface area contributed by atoms with Crippen LogP contribution in [0.5, 0.6) is 0 Å². The second-order valence-electron chi connectivity index (χ2n) is 10.3. The number of rotatable bonds is 7. The molecule has 1 saturated heterocycles. The number of nitrogens with zero attached hydrogens (tertiary/aromatic N) is 4. The smallest absolute Gasteiger partial charge is 0.289 e. The van der Waals surface area contributed by atoms with Crippen LogP contribution in [0, 0.1) is 6.92 Å². The lowest BCUT2D eigenvalue weighted by Crippen LogP contribution is -2.39. The summed E-state index contributed by atoms with van der Waals surface area (Å²) in [6.07, 6.45) is 4.91. The summed E-state index contributed by atoms with van der Waals surface area (Å²) in [5, 5.41) is 7.63. The molecular formula is C28H36N8O. The molecule has 2 aromatic carbocycles. The largest absolute Gasteiger partial charge is 0.370 e. The highest BCUT2D eigenvalue weighted by molar-refractivity contribution is 5.96. The molecule has 9 heteroatoms. The third-order valence-electron chi connectivity index (χ3n) is 7.28. The zero-order chi connectivity index (χ0) is 25.8. The van der Waals surface area contributed by atoms with E-state index in [2.05, 4.69) is 55.8 Å². The summed E-state index contributed by atoms with van der Waals surface area (Å²) < 4.78 is 0. The number of aromatic nitrogens is 2. The highest BCUT2D eigenvalue weighted by Crippen LogP contribution is 2.28. The summed E-state index contributed by atoms with van der Waals surface area (Å²) in [6, 6.07) is 16.5. The van der Waals surface area contributed by atoms with Crippen molar-refractivity contribution in [2.75, 3.05) is 18.4 Å². The first-order valence-electron chi connectivity index (χ1n) is 13.2. The molecule has 0 radical (unpaired) electrons. The fraction of sp³-hybridized carbons (Fsp3) is 0.429. The Kier molecular flexibility index (Phi) is 7.50. The van der Waals surface area contributed by atoms with Crippen molar-refractivity contribution < 1.29 is 4.79 Å². The van der Waals surface area contributed by atoms with Gasteiger partial charge in [-0.25, -0.2) is 15.0 Å². The Morgan fingerprint density at radius 1 is 1.08 bits per heavy atom. The minimum Gasteiger partial charge on any atom is -0.370 e. The van der Waals surface area contributed by atoms with E-state index < -0.39 is 0 Å². The molecule has 37 heavy (non-hydrogen) atoms. The number of hydrogen-bond donors (Lipinski definition) is 4. The maximum atomic E-state index is 13.3. The van der Waals surface area contributed by atoms with Crippen LogP contribution in [0.15, 0.2) is 53.5 Å². The van der Waals surface area contributed by atoms with Gasteiger partial charge >= 0.3 is 0 Å². The maximum absolute atomic E-state index is 13.3. The quantitative estimate of drug-likeness (QED) is 0.289. The van der Waals surface area contributed by atoms with Crippen LogP contribution >= 0.6 is 0 Å². The number of fused-ring (bicyclic) bond motifs is 1. The molecule has 2 fully saturated rings. The minimum absolute atomic E-state index is 0.0278. The molecule has 2 unspecified atom stereocenters. The molecule has 0 spiro atoms. The second kappa shape index (κ2) is 11.1. The number of hydrogen-bond acceptors (Lipinski definition) is 6. The fourth-order valence-corrected chi connectivity index (χ4v) is 5.44. The molecule has 6 N–H and O–H groups in total. The van der Waals surface area contributed by atoms with E-state index in [0.717, 1.165) is 68.2 Å². The second-order valence-corrected chi connectivity index (χ2v) is 10.3. The van der Waals surface area contributed by atoms with E-state index in [-0.39, 0.29) is 35.8 Å². The average molecular weight is 501 g/mol. The Balaban J connectivity index is 1.34. The Bertz CT molecular complexity index is 1270. The van der Waals surface area contributed by atoms with Crippen molar-refractivity contribution in [3.63, 3.8) is 0 Å². The van der Waals surface area contributed by atoms with Gasteiger partial charge in [0.05, 0.1) is 17.6 Å². The number of benzene rings is 2. The van der Waals surface area contributed by atoms with Crippen LogP contribution in [0.1, 0.15) is 53.8 Å². The van der Waals surface area contributed by atoms with Crippen molar-refractivity contribution in [1.29, 1.82) is 0 Å². The summed E-state index contributed by atoms with van der Waals surface area (Å²) in [5.74, 6) is 0.676. The highest BCUT2D eigenvalue weighted by Gasteiger charge is 2.28. The maximum Gasteiger partial charge on any atom is 0.289 e. The van der Waals surface area contributed by atoms with E-state index in [9.17, 15) is 4.79 Å². The number of nitrogens with one attached hydrogen (secondary N) is 2. The van der Waals surface area contributed by atoms with Crippen LogP contribution in [0.2, 0.25) is 0 Å². The molecule has 1 aliphatic carbocycles. The van der Waals surface area contributed by atoms with Crippen LogP contribution in [0.4, 0.5) is 5.82 Å². The summed E-state index contributed by atoms with van der Waals surface area (Å²) in [4.78, 5) is 29.5. The van der Waals surface area contributed by atoms with Crippen molar-refractivity contribution in [2.45, 2.75) is 63.7 Å².